The van der Waals surface area contributed by atoms with Crippen molar-refractivity contribution in [3.63, 3.8) is 0 Å². The second-order valence-corrected chi connectivity index (χ2v) is 8.31. The molecular formula is C24H31N5O4. The summed E-state index contributed by atoms with van der Waals surface area (Å²) in [5.41, 5.74) is 2.46. The Morgan fingerprint density at radius 1 is 1.06 bits per heavy atom. The highest BCUT2D eigenvalue weighted by Crippen LogP contribution is 2.37. The van der Waals surface area contributed by atoms with Crippen molar-refractivity contribution in [1.29, 1.82) is 0 Å². The second-order valence-electron chi connectivity index (χ2n) is 8.31. The van der Waals surface area contributed by atoms with Crippen LogP contribution >= 0.6 is 0 Å². The van der Waals surface area contributed by atoms with Gasteiger partial charge in [0, 0.05) is 51.0 Å². The number of nitrogens with zero attached hydrogens (tertiary/aromatic N) is 4. The Labute approximate surface area is 193 Å². The first-order valence-corrected chi connectivity index (χ1v) is 10.5. The highest BCUT2D eigenvalue weighted by atomic mass is 16.5. The first-order chi connectivity index (χ1) is 15.7. The molecule has 0 fully saturated rings. The Hall–Kier alpha value is -3.59. The van der Waals surface area contributed by atoms with Crippen LogP contribution in [0.3, 0.4) is 0 Å². The molecule has 0 spiro atoms. The van der Waals surface area contributed by atoms with Gasteiger partial charge < -0.3 is 29.2 Å². The third kappa shape index (κ3) is 5.09. The summed E-state index contributed by atoms with van der Waals surface area (Å²) in [5, 5.41) is 4.19. The van der Waals surface area contributed by atoms with Gasteiger partial charge in [0.15, 0.2) is 0 Å². The van der Waals surface area contributed by atoms with Crippen molar-refractivity contribution < 1.29 is 14.3 Å². The molecule has 0 unspecified atom stereocenters. The molecule has 2 aromatic heterocycles. The largest absolute Gasteiger partial charge is 0.496 e. The molecule has 1 amide bonds. The fraction of sp³-hybridized carbons (Fsp3) is 0.375. The minimum Gasteiger partial charge on any atom is -0.496 e. The van der Waals surface area contributed by atoms with Crippen molar-refractivity contribution in [2.75, 3.05) is 54.3 Å². The maximum atomic E-state index is 12.9. The predicted molar refractivity (Wildman–Crippen MR) is 130 cm³/mol. The molecule has 9 heteroatoms. The normalized spacial score (nSPS) is 11.0. The summed E-state index contributed by atoms with van der Waals surface area (Å²) in [7, 11) is 12.3. The van der Waals surface area contributed by atoms with E-state index < -0.39 is 0 Å². The molecule has 2 heterocycles. The third-order valence-corrected chi connectivity index (χ3v) is 5.38. The summed E-state index contributed by atoms with van der Waals surface area (Å²) < 4.78 is 12.9. The van der Waals surface area contributed by atoms with Crippen LogP contribution in [0.4, 0.5) is 5.82 Å². The van der Waals surface area contributed by atoms with E-state index in [4.69, 9.17) is 9.47 Å². The third-order valence-electron chi connectivity index (χ3n) is 5.38. The van der Waals surface area contributed by atoms with Gasteiger partial charge in [-0.2, -0.15) is 0 Å². The number of carbonyl (C=O) groups excluding carboxylic acids is 1. The second kappa shape index (κ2) is 9.91. The lowest BCUT2D eigenvalue weighted by atomic mass is 9.99. The molecule has 176 valence electrons. The Bertz CT molecular complexity index is 1210. The minimum atomic E-state index is -0.152. The SMILES string of the molecule is COc1cc(-c2cn(C)c(=O)c3cc(NCC(=O)N(C)C)ncc23)cc(OC)c1CN(C)C. The van der Waals surface area contributed by atoms with Crippen LogP contribution in [0.25, 0.3) is 21.9 Å². The molecule has 1 aromatic carbocycles. The number of rotatable bonds is 8. The van der Waals surface area contributed by atoms with Gasteiger partial charge in [0.2, 0.25) is 5.91 Å². The highest BCUT2D eigenvalue weighted by molar-refractivity contribution is 5.97. The zero-order valence-electron chi connectivity index (χ0n) is 20.2. The van der Waals surface area contributed by atoms with Gasteiger partial charge in [0.05, 0.1) is 31.7 Å². The van der Waals surface area contributed by atoms with E-state index in [0.717, 1.165) is 16.7 Å². The molecule has 0 aliphatic rings. The number of ether oxygens (including phenoxy) is 2. The number of pyridine rings is 2. The van der Waals surface area contributed by atoms with E-state index in [0.29, 0.717) is 34.6 Å². The number of carbonyl (C=O) groups is 1. The molecule has 0 radical (unpaired) electrons. The fourth-order valence-electron chi connectivity index (χ4n) is 3.62. The molecule has 9 nitrogen and oxygen atoms in total. The maximum absolute atomic E-state index is 12.9. The summed E-state index contributed by atoms with van der Waals surface area (Å²) in [6, 6.07) is 5.57. The average molecular weight is 454 g/mol. The van der Waals surface area contributed by atoms with Gasteiger partial charge in [0.1, 0.15) is 17.3 Å². The Morgan fingerprint density at radius 2 is 1.70 bits per heavy atom. The van der Waals surface area contributed by atoms with Crippen LogP contribution in [0.1, 0.15) is 5.56 Å². The van der Waals surface area contributed by atoms with E-state index >= 15 is 0 Å². The molecule has 0 aliphatic carbocycles. The highest BCUT2D eigenvalue weighted by Gasteiger charge is 2.17. The van der Waals surface area contributed by atoms with Crippen LogP contribution in [-0.2, 0) is 18.4 Å². The number of benzene rings is 1. The van der Waals surface area contributed by atoms with Crippen molar-refractivity contribution in [1.82, 2.24) is 19.4 Å². The quantitative estimate of drug-likeness (QED) is 0.559. The summed E-state index contributed by atoms with van der Waals surface area (Å²) in [6.45, 7) is 0.746. The Morgan fingerprint density at radius 3 is 2.24 bits per heavy atom. The van der Waals surface area contributed by atoms with Crippen LogP contribution in [0.5, 0.6) is 11.5 Å². The van der Waals surface area contributed by atoms with Gasteiger partial charge in [0.25, 0.3) is 5.56 Å². The number of fused-ring (bicyclic) bond motifs is 1. The molecular weight excluding hydrogens is 422 g/mol. The standard InChI is InChI=1S/C24H31N5O4/c1-27(2)13-19-20(32-6)8-15(9-21(19)33-7)18-14-29(5)24(31)16-10-22(25-11-17(16)18)26-12-23(30)28(3)4/h8-11,14H,12-13H2,1-7H3,(H,25,26). The number of anilines is 1. The molecule has 0 bridgehead atoms. The molecule has 0 saturated heterocycles. The first-order valence-electron chi connectivity index (χ1n) is 10.5. The topological polar surface area (TPSA) is 88.9 Å². The molecule has 0 atom stereocenters. The number of hydrogen-bond donors (Lipinski definition) is 1. The van der Waals surface area contributed by atoms with Gasteiger partial charge >= 0.3 is 0 Å². The average Bonchev–Trinajstić information content (AvgIpc) is 2.79. The van der Waals surface area contributed by atoms with Crippen molar-refractivity contribution in [3.8, 4) is 22.6 Å². The fourth-order valence-corrected chi connectivity index (χ4v) is 3.62. The van der Waals surface area contributed by atoms with Gasteiger partial charge in [-0.05, 0) is 37.9 Å². The number of hydrogen-bond acceptors (Lipinski definition) is 7. The molecule has 0 aliphatic heterocycles. The number of nitrogens with one attached hydrogen (secondary N) is 1. The number of aromatic nitrogens is 2. The lowest BCUT2D eigenvalue weighted by Gasteiger charge is -2.19. The van der Waals surface area contributed by atoms with Crippen molar-refractivity contribution in [3.05, 3.63) is 46.5 Å². The number of methoxy groups -OCH3 is 2. The van der Waals surface area contributed by atoms with Crippen molar-refractivity contribution >= 4 is 22.5 Å². The zero-order chi connectivity index (χ0) is 24.3. The lowest BCUT2D eigenvalue weighted by molar-refractivity contribution is -0.126. The Kier molecular flexibility index (Phi) is 7.23. The van der Waals surface area contributed by atoms with E-state index in [1.807, 2.05) is 31.1 Å². The molecule has 3 aromatic rings. The summed E-state index contributed by atoms with van der Waals surface area (Å²) in [6.07, 6.45) is 3.44. The van der Waals surface area contributed by atoms with Crippen LogP contribution < -0.4 is 20.3 Å². The predicted octanol–water partition coefficient (Wildman–Crippen LogP) is 2.18. The van der Waals surface area contributed by atoms with Gasteiger partial charge in [-0.3, -0.25) is 9.59 Å². The monoisotopic (exact) mass is 453 g/mol. The number of aryl methyl sites for hydroxylation is 1. The summed E-state index contributed by atoms with van der Waals surface area (Å²) in [5.74, 6) is 1.78. The van der Waals surface area contributed by atoms with Crippen LogP contribution in [0, 0.1) is 0 Å². The van der Waals surface area contributed by atoms with Crippen molar-refractivity contribution in [2.24, 2.45) is 7.05 Å². The maximum Gasteiger partial charge on any atom is 0.258 e. The van der Waals surface area contributed by atoms with Gasteiger partial charge in [-0.25, -0.2) is 4.98 Å². The molecule has 3 rings (SSSR count). The van der Waals surface area contributed by atoms with E-state index in [1.165, 1.54) is 4.90 Å². The first kappa shape index (κ1) is 24.1. The van der Waals surface area contributed by atoms with Gasteiger partial charge in [-0.1, -0.05) is 0 Å². The zero-order valence-corrected chi connectivity index (χ0v) is 20.2. The van der Waals surface area contributed by atoms with E-state index in [2.05, 4.69) is 10.3 Å². The van der Waals surface area contributed by atoms with E-state index in [-0.39, 0.29) is 18.0 Å². The smallest absolute Gasteiger partial charge is 0.258 e. The van der Waals surface area contributed by atoms with Crippen LogP contribution in [-0.4, -0.2) is 74.2 Å². The van der Waals surface area contributed by atoms with E-state index in [1.54, 1.807) is 58.4 Å². The van der Waals surface area contributed by atoms with Gasteiger partial charge in [-0.15, -0.1) is 0 Å². The number of amides is 1. The van der Waals surface area contributed by atoms with E-state index in [9.17, 15) is 9.59 Å². The summed E-state index contributed by atoms with van der Waals surface area (Å²) in [4.78, 5) is 32.8. The molecule has 33 heavy (non-hydrogen) atoms. The van der Waals surface area contributed by atoms with Crippen LogP contribution in [0.15, 0.2) is 35.4 Å². The van der Waals surface area contributed by atoms with Crippen molar-refractivity contribution in [2.45, 2.75) is 6.54 Å². The minimum absolute atomic E-state index is 0.0874. The molecule has 0 saturated carbocycles. The van der Waals surface area contributed by atoms with Crippen LogP contribution in [0.2, 0.25) is 0 Å². The Balaban J connectivity index is 2.14. The molecule has 1 N–H and O–H groups in total. The lowest BCUT2D eigenvalue weighted by Crippen LogP contribution is -2.28. The summed E-state index contributed by atoms with van der Waals surface area (Å²) >= 11 is 0. The number of likely N-dealkylation sites (N-methyl/N-ethyl adjacent to an activating group) is 1.